The third-order valence-corrected chi connectivity index (χ3v) is 5.40. The molecule has 0 spiro atoms. The first-order chi connectivity index (χ1) is 12.5. The predicted molar refractivity (Wildman–Crippen MR) is 96.2 cm³/mol. The van der Waals surface area contributed by atoms with Gasteiger partial charge in [-0.05, 0) is 47.5 Å². The van der Waals surface area contributed by atoms with Crippen LogP contribution in [0.25, 0.3) is 12.2 Å². The Hall–Kier alpha value is -3.30. The van der Waals surface area contributed by atoms with Crippen molar-refractivity contribution in [3.8, 4) is 6.07 Å². The van der Waals surface area contributed by atoms with Gasteiger partial charge in [-0.1, -0.05) is 36.4 Å². The van der Waals surface area contributed by atoms with Crippen molar-refractivity contribution in [2.45, 2.75) is 9.92 Å². The van der Waals surface area contributed by atoms with Crippen LogP contribution in [-0.2, 0) is 9.84 Å². The summed E-state index contributed by atoms with van der Waals surface area (Å²) in [6.07, 6.45) is 4.94. The van der Waals surface area contributed by atoms with Gasteiger partial charge in [-0.25, -0.2) is 17.8 Å². The van der Waals surface area contributed by atoms with E-state index in [1.165, 1.54) is 42.6 Å². The van der Waals surface area contributed by atoms with Gasteiger partial charge in [0.2, 0.25) is 9.84 Å². The zero-order valence-corrected chi connectivity index (χ0v) is 14.3. The van der Waals surface area contributed by atoms with Gasteiger partial charge in [0.1, 0.15) is 11.9 Å². The Bertz CT molecular complexity index is 1100. The summed E-state index contributed by atoms with van der Waals surface area (Å²) in [5.74, 6) is -0.303. The first-order valence-electron chi connectivity index (χ1n) is 7.64. The largest absolute Gasteiger partial charge is 0.243 e. The maximum Gasteiger partial charge on any atom is 0.225 e. The van der Waals surface area contributed by atoms with Crippen LogP contribution in [-0.4, -0.2) is 13.4 Å². The highest BCUT2D eigenvalue weighted by Crippen LogP contribution is 2.22. The lowest BCUT2D eigenvalue weighted by Crippen LogP contribution is -2.06. The molecule has 3 rings (SSSR count). The number of nitrogens with zero attached hydrogens (tertiary/aromatic N) is 2. The van der Waals surface area contributed by atoms with Crippen molar-refractivity contribution in [1.29, 1.82) is 5.26 Å². The number of rotatable bonds is 4. The molecule has 0 aliphatic heterocycles. The van der Waals surface area contributed by atoms with Crippen LogP contribution in [0.3, 0.4) is 0 Å². The van der Waals surface area contributed by atoms with Crippen LogP contribution in [0.15, 0.2) is 76.8 Å². The SMILES string of the molecule is N#Cc1cccnc1S(=O)(=O)c1ccc(C=Cc2ccc(F)cc2)cc1. The van der Waals surface area contributed by atoms with Crippen molar-refractivity contribution in [2.24, 2.45) is 0 Å². The number of sulfone groups is 1. The number of halogens is 1. The summed E-state index contributed by atoms with van der Waals surface area (Å²) in [7, 11) is -3.87. The molecule has 0 saturated heterocycles. The summed E-state index contributed by atoms with van der Waals surface area (Å²) in [6, 6.07) is 17.1. The predicted octanol–water partition coefficient (Wildman–Crippen LogP) is 4.10. The number of pyridine rings is 1. The van der Waals surface area contributed by atoms with Crippen molar-refractivity contribution in [3.63, 3.8) is 0 Å². The van der Waals surface area contributed by atoms with Crippen LogP contribution in [0.4, 0.5) is 4.39 Å². The second kappa shape index (κ2) is 7.30. The molecule has 2 aromatic carbocycles. The van der Waals surface area contributed by atoms with Gasteiger partial charge in [0.25, 0.3) is 0 Å². The molecule has 0 aliphatic rings. The van der Waals surface area contributed by atoms with E-state index in [2.05, 4.69) is 4.98 Å². The van der Waals surface area contributed by atoms with Crippen LogP contribution in [0.5, 0.6) is 0 Å². The van der Waals surface area contributed by atoms with Crippen LogP contribution >= 0.6 is 0 Å². The first kappa shape index (κ1) is 17.5. The molecule has 1 aromatic heterocycles. The summed E-state index contributed by atoms with van der Waals surface area (Å²) in [5, 5.41) is 8.83. The fourth-order valence-electron chi connectivity index (χ4n) is 2.33. The van der Waals surface area contributed by atoms with Gasteiger partial charge in [0.05, 0.1) is 10.5 Å². The average molecular weight is 364 g/mol. The monoisotopic (exact) mass is 364 g/mol. The smallest absolute Gasteiger partial charge is 0.225 e. The highest BCUT2D eigenvalue weighted by Gasteiger charge is 2.22. The Balaban J connectivity index is 1.87. The van der Waals surface area contributed by atoms with Gasteiger partial charge in [-0.3, -0.25) is 0 Å². The maximum atomic E-state index is 12.9. The van der Waals surface area contributed by atoms with Gasteiger partial charge < -0.3 is 0 Å². The second-order valence-corrected chi connectivity index (χ2v) is 7.29. The maximum absolute atomic E-state index is 12.9. The first-order valence-corrected chi connectivity index (χ1v) is 9.13. The standard InChI is InChI=1S/C20H13FN2O2S/c21-18-9-5-15(6-10-18)3-4-16-7-11-19(12-8-16)26(24,25)20-17(14-22)2-1-13-23-20/h1-13H. The van der Waals surface area contributed by atoms with Gasteiger partial charge in [-0.15, -0.1) is 0 Å². The molecule has 0 radical (unpaired) electrons. The Morgan fingerprint density at radius 1 is 0.923 bits per heavy atom. The Morgan fingerprint density at radius 3 is 2.08 bits per heavy atom. The van der Waals surface area contributed by atoms with Crippen molar-refractivity contribution >= 4 is 22.0 Å². The lowest BCUT2D eigenvalue weighted by molar-refractivity contribution is 0.592. The number of hydrogen-bond acceptors (Lipinski definition) is 4. The van der Waals surface area contributed by atoms with E-state index in [9.17, 15) is 12.8 Å². The molecular formula is C20H13FN2O2S. The quantitative estimate of drug-likeness (QED) is 0.654. The van der Waals surface area contributed by atoms with E-state index >= 15 is 0 Å². The fourth-order valence-corrected chi connectivity index (χ4v) is 3.65. The van der Waals surface area contributed by atoms with Crippen molar-refractivity contribution in [3.05, 3.63) is 89.4 Å². The van der Waals surface area contributed by atoms with E-state index in [4.69, 9.17) is 5.26 Å². The zero-order chi connectivity index (χ0) is 18.6. The summed E-state index contributed by atoms with van der Waals surface area (Å²) in [4.78, 5) is 3.91. The molecular weight excluding hydrogens is 351 g/mol. The minimum atomic E-state index is -3.87. The number of aromatic nitrogens is 1. The van der Waals surface area contributed by atoms with E-state index < -0.39 is 9.84 Å². The summed E-state index contributed by atoms with van der Waals surface area (Å²) in [6.45, 7) is 0. The molecule has 0 aliphatic carbocycles. The lowest BCUT2D eigenvalue weighted by Gasteiger charge is -2.05. The van der Waals surface area contributed by atoms with E-state index in [1.807, 2.05) is 6.07 Å². The molecule has 26 heavy (non-hydrogen) atoms. The number of nitriles is 1. The number of hydrogen-bond donors (Lipinski definition) is 0. The Kier molecular flexibility index (Phi) is 4.92. The molecule has 0 amide bonds. The molecule has 6 heteroatoms. The minimum Gasteiger partial charge on any atom is -0.243 e. The topological polar surface area (TPSA) is 70.8 Å². The third kappa shape index (κ3) is 3.68. The molecule has 0 atom stereocenters. The molecule has 0 saturated carbocycles. The van der Waals surface area contributed by atoms with Gasteiger partial charge >= 0.3 is 0 Å². The minimum absolute atomic E-state index is 0.00721. The van der Waals surface area contributed by atoms with Crippen LogP contribution in [0.1, 0.15) is 16.7 Å². The van der Waals surface area contributed by atoms with Gasteiger partial charge in [0.15, 0.2) is 5.03 Å². The lowest BCUT2D eigenvalue weighted by atomic mass is 10.1. The van der Waals surface area contributed by atoms with Crippen LogP contribution in [0.2, 0.25) is 0 Å². The van der Waals surface area contributed by atoms with Crippen LogP contribution < -0.4 is 0 Å². The van der Waals surface area contributed by atoms with Crippen molar-refractivity contribution in [2.75, 3.05) is 0 Å². The summed E-state index contributed by atoms with van der Waals surface area (Å²) in [5.41, 5.74) is 1.62. The molecule has 0 fully saturated rings. The highest BCUT2D eigenvalue weighted by atomic mass is 32.2. The molecule has 0 bridgehead atoms. The molecule has 0 N–H and O–H groups in total. The van der Waals surface area contributed by atoms with E-state index in [-0.39, 0.29) is 21.3 Å². The van der Waals surface area contributed by atoms with Crippen molar-refractivity contribution < 1.29 is 12.8 Å². The van der Waals surface area contributed by atoms with Crippen LogP contribution in [0, 0.1) is 17.1 Å². The Labute approximate surface area is 150 Å². The van der Waals surface area contributed by atoms with Gasteiger partial charge in [0, 0.05) is 6.20 Å². The van der Waals surface area contributed by atoms with E-state index in [0.717, 1.165) is 11.1 Å². The van der Waals surface area contributed by atoms with E-state index in [1.54, 1.807) is 36.4 Å². The van der Waals surface area contributed by atoms with Crippen molar-refractivity contribution in [1.82, 2.24) is 4.98 Å². The molecule has 0 unspecified atom stereocenters. The summed E-state index contributed by atoms with van der Waals surface area (Å²) >= 11 is 0. The second-order valence-electron chi connectivity index (χ2n) is 5.43. The highest BCUT2D eigenvalue weighted by molar-refractivity contribution is 7.91. The normalized spacial score (nSPS) is 11.4. The molecule has 128 valence electrons. The fraction of sp³-hybridized carbons (Fsp3) is 0. The molecule has 1 heterocycles. The van der Waals surface area contributed by atoms with E-state index in [0.29, 0.717) is 0 Å². The van der Waals surface area contributed by atoms with Gasteiger partial charge in [-0.2, -0.15) is 5.26 Å². The Morgan fingerprint density at radius 2 is 1.50 bits per heavy atom. The molecule has 3 aromatic rings. The summed E-state index contributed by atoms with van der Waals surface area (Å²) < 4.78 is 38.2. The third-order valence-electron chi connectivity index (χ3n) is 3.67. The molecule has 4 nitrogen and oxygen atoms in total. The number of benzene rings is 2. The zero-order valence-electron chi connectivity index (χ0n) is 13.5. The average Bonchev–Trinajstić information content (AvgIpc) is 2.68.